The molecule has 1 atom stereocenters. The molecule has 3 rings (SSSR count). The maximum Gasteiger partial charge on any atom is 0.161 e. The molecule has 1 aromatic heterocycles. The molecule has 0 bridgehead atoms. The number of hydrogen-bond donors (Lipinski definition) is 1. The Hall–Kier alpha value is -1.74. The van der Waals surface area contributed by atoms with Gasteiger partial charge in [-0.15, -0.1) is 0 Å². The number of aromatic nitrogens is 1. The van der Waals surface area contributed by atoms with Crippen molar-refractivity contribution in [2.45, 2.75) is 26.1 Å². The maximum atomic E-state index is 10.3. The zero-order valence-corrected chi connectivity index (χ0v) is 18.3. The number of thioether (sulfide) groups is 1. The monoisotopic (exact) mass is 421 g/mol. The van der Waals surface area contributed by atoms with Gasteiger partial charge < -0.3 is 19.1 Å². The van der Waals surface area contributed by atoms with Gasteiger partial charge in [-0.05, 0) is 31.7 Å². The van der Waals surface area contributed by atoms with Crippen molar-refractivity contribution in [1.82, 2.24) is 15.0 Å². The van der Waals surface area contributed by atoms with E-state index in [1.54, 1.807) is 7.11 Å². The molecule has 7 nitrogen and oxygen atoms in total. The predicted molar refractivity (Wildman–Crippen MR) is 115 cm³/mol. The van der Waals surface area contributed by atoms with Crippen LogP contribution in [0.1, 0.15) is 17.0 Å². The molecule has 0 saturated carbocycles. The molecule has 1 N–H and O–H groups in total. The number of ether oxygens (including phenoxy) is 2. The van der Waals surface area contributed by atoms with E-state index in [0.717, 1.165) is 48.2 Å². The van der Waals surface area contributed by atoms with Gasteiger partial charge in [0, 0.05) is 43.8 Å². The molecule has 1 aliphatic rings. The summed E-state index contributed by atoms with van der Waals surface area (Å²) in [7, 11) is 3.67. The summed E-state index contributed by atoms with van der Waals surface area (Å²) >= 11 is 1.96. The van der Waals surface area contributed by atoms with Gasteiger partial charge in [-0.1, -0.05) is 11.2 Å². The minimum atomic E-state index is -0.515. The standard InChI is InChI=1S/C21H31N3O4S/c1-16-10-19(28-22-16)14-23(2)12-17-4-5-20(21(11-17)26-3)27-15-18(25)13-24-6-8-29-9-7-24/h4-5,10-11,18,25H,6-9,12-15H2,1-3H3/t18-/m0/s1. The first-order valence-corrected chi connectivity index (χ1v) is 11.1. The Bertz CT molecular complexity index is 764. The highest BCUT2D eigenvalue weighted by Gasteiger charge is 2.16. The number of aliphatic hydroxyl groups excluding tert-OH is 1. The first kappa shape index (κ1) is 22.0. The van der Waals surface area contributed by atoms with E-state index in [0.29, 0.717) is 24.6 Å². The van der Waals surface area contributed by atoms with Crippen molar-refractivity contribution in [3.63, 3.8) is 0 Å². The van der Waals surface area contributed by atoms with Crippen molar-refractivity contribution in [1.29, 1.82) is 0 Å². The molecule has 2 aromatic rings. The number of benzene rings is 1. The third-order valence-corrected chi connectivity index (χ3v) is 5.73. The molecule has 0 aliphatic carbocycles. The predicted octanol–water partition coefficient (Wildman–Crippen LogP) is 2.41. The summed E-state index contributed by atoms with van der Waals surface area (Å²) in [6, 6.07) is 7.85. The number of rotatable bonds is 10. The van der Waals surface area contributed by atoms with E-state index in [-0.39, 0.29) is 6.61 Å². The van der Waals surface area contributed by atoms with E-state index < -0.39 is 6.10 Å². The summed E-state index contributed by atoms with van der Waals surface area (Å²) in [5, 5.41) is 14.2. The first-order valence-electron chi connectivity index (χ1n) is 9.92. The summed E-state index contributed by atoms with van der Waals surface area (Å²) in [5.41, 5.74) is 2.00. The Labute approximate surface area is 176 Å². The largest absolute Gasteiger partial charge is 0.493 e. The van der Waals surface area contributed by atoms with Crippen LogP contribution in [0.3, 0.4) is 0 Å². The fourth-order valence-electron chi connectivity index (χ4n) is 3.37. The average Bonchev–Trinajstić information content (AvgIpc) is 3.12. The summed E-state index contributed by atoms with van der Waals surface area (Å²) in [6.07, 6.45) is -0.515. The topological polar surface area (TPSA) is 71.2 Å². The van der Waals surface area contributed by atoms with E-state index >= 15 is 0 Å². The number of nitrogens with zero attached hydrogens (tertiary/aromatic N) is 3. The molecular weight excluding hydrogens is 390 g/mol. The van der Waals surface area contributed by atoms with Gasteiger partial charge >= 0.3 is 0 Å². The van der Waals surface area contributed by atoms with Crippen LogP contribution in [0.5, 0.6) is 11.5 Å². The lowest BCUT2D eigenvalue weighted by Crippen LogP contribution is -2.40. The lowest BCUT2D eigenvalue weighted by molar-refractivity contribution is 0.0704. The van der Waals surface area contributed by atoms with Crippen molar-refractivity contribution in [2.75, 3.05) is 51.9 Å². The highest BCUT2D eigenvalue weighted by Crippen LogP contribution is 2.29. The minimum absolute atomic E-state index is 0.254. The van der Waals surface area contributed by atoms with Crippen LogP contribution in [-0.4, -0.2) is 78.1 Å². The molecular formula is C21H31N3O4S. The Morgan fingerprint density at radius 1 is 1.24 bits per heavy atom. The SMILES string of the molecule is COc1cc(CN(C)Cc2cc(C)no2)ccc1OC[C@@H](O)CN1CCSCC1. The van der Waals surface area contributed by atoms with E-state index in [2.05, 4.69) is 15.0 Å². The Balaban J connectivity index is 1.51. The van der Waals surface area contributed by atoms with Crippen LogP contribution in [-0.2, 0) is 13.1 Å². The van der Waals surface area contributed by atoms with Crippen LogP contribution in [0.15, 0.2) is 28.8 Å². The normalized spacial score (nSPS) is 16.2. The molecule has 0 unspecified atom stereocenters. The van der Waals surface area contributed by atoms with Crippen LogP contribution >= 0.6 is 11.8 Å². The van der Waals surface area contributed by atoms with Crippen LogP contribution < -0.4 is 9.47 Å². The van der Waals surface area contributed by atoms with Gasteiger partial charge in [-0.2, -0.15) is 11.8 Å². The molecule has 1 saturated heterocycles. The van der Waals surface area contributed by atoms with Gasteiger partial charge in [0.15, 0.2) is 17.3 Å². The van der Waals surface area contributed by atoms with Crippen molar-refractivity contribution >= 4 is 11.8 Å². The second-order valence-corrected chi connectivity index (χ2v) is 8.69. The van der Waals surface area contributed by atoms with Gasteiger partial charge in [0.05, 0.1) is 19.3 Å². The molecule has 1 aromatic carbocycles. The molecule has 0 spiro atoms. The van der Waals surface area contributed by atoms with Gasteiger partial charge in [-0.3, -0.25) is 9.80 Å². The van der Waals surface area contributed by atoms with Gasteiger partial charge in [0.25, 0.3) is 0 Å². The fraction of sp³-hybridized carbons (Fsp3) is 0.571. The van der Waals surface area contributed by atoms with Crippen LogP contribution in [0.25, 0.3) is 0 Å². The van der Waals surface area contributed by atoms with Crippen molar-refractivity contribution in [3.05, 3.63) is 41.3 Å². The molecule has 0 radical (unpaired) electrons. The van der Waals surface area contributed by atoms with Crippen LogP contribution in [0.2, 0.25) is 0 Å². The molecule has 0 amide bonds. The second kappa shape index (κ2) is 10.9. The quantitative estimate of drug-likeness (QED) is 0.627. The number of hydrogen-bond acceptors (Lipinski definition) is 8. The van der Waals surface area contributed by atoms with E-state index in [4.69, 9.17) is 14.0 Å². The zero-order valence-electron chi connectivity index (χ0n) is 17.5. The van der Waals surface area contributed by atoms with Gasteiger partial charge in [-0.25, -0.2) is 0 Å². The smallest absolute Gasteiger partial charge is 0.161 e. The summed E-state index contributed by atoms with van der Waals surface area (Å²) in [6.45, 7) is 6.30. The number of aliphatic hydroxyl groups is 1. The van der Waals surface area contributed by atoms with Crippen molar-refractivity contribution in [2.24, 2.45) is 0 Å². The molecule has 1 fully saturated rings. The Kier molecular flexibility index (Phi) is 8.23. The molecule has 160 valence electrons. The second-order valence-electron chi connectivity index (χ2n) is 7.47. The lowest BCUT2D eigenvalue weighted by Gasteiger charge is -2.28. The average molecular weight is 422 g/mol. The van der Waals surface area contributed by atoms with Crippen LogP contribution in [0.4, 0.5) is 0 Å². The van der Waals surface area contributed by atoms with E-state index in [1.165, 1.54) is 0 Å². The van der Waals surface area contributed by atoms with Gasteiger partial charge in [0.1, 0.15) is 12.7 Å². The Morgan fingerprint density at radius 2 is 2.03 bits per heavy atom. The van der Waals surface area contributed by atoms with Gasteiger partial charge in [0.2, 0.25) is 0 Å². The Morgan fingerprint density at radius 3 is 2.72 bits per heavy atom. The van der Waals surface area contributed by atoms with E-state index in [1.807, 2.05) is 50.0 Å². The fourth-order valence-corrected chi connectivity index (χ4v) is 4.35. The lowest BCUT2D eigenvalue weighted by atomic mass is 10.2. The highest BCUT2D eigenvalue weighted by atomic mass is 32.2. The summed E-state index contributed by atoms with van der Waals surface area (Å²) < 4.78 is 16.6. The maximum absolute atomic E-state index is 10.3. The van der Waals surface area contributed by atoms with Crippen molar-refractivity contribution in [3.8, 4) is 11.5 Å². The first-order chi connectivity index (χ1) is 14.0. The number of β-amino-alcohol motifs (C(OH)–C–C–N with tert-alkyl or cyclic N) is 1. The molecule has 8 heteroatoms. The van der Waals surface area contributed by atoms with E-state index in [9.17, 15) is 5.11 Å². The molecule has 29 heavy (non-hydrogen) atoms. The minimum Gasteiger partial charge on any atom is -0.493 e. The van der Waals surface area contributed by atoms with Crippen LogP contribution in [0, 0.1) is 6.92 Å². The summed E-state index contributed by atoms with van der Waals surface area (Å²) in [4.78, 5) is 4.44. The summed E-state index contributed by atoms with van der Waals surface area (Å²) in [5.74, 6) is 4.44. The third kappa shape index (κ3) is 6.92. The molecule has 1 aliphatic heterocycles. The van der Waals surface area contributed by atoms with Crippen molar-refractivity contribution < 1.29 is 19.1 Å². The number of aryl methyl sites for hydroxylation is 1. The highest BCUT2D eigenvalue weighted by molar-refractivity contribution is 7.99. The third-order valence-electron chi connectivity index (χ3n) is 4.79. The zero-order chi connectivity index (χ0) is 20.6. The number of methoxy groups -OCH3 is 1. The molecule has 2 heterocycles.